The van der Waals surface area contributed by atoms with Gasteiger partial charge in [-0.3, -0.25) is 4.90 Å². The molecule has 1 aliphatic heterocycles. The number of aromatic nitrogens is 1. The Bertz CT molecular complexity index is 571. The quantitative estimate of drug-likeness (QED) is 0.941. The molecule has 4 heteroatoms. The fourth-order valence-corrected chi connectivity index (χ4v) is 3.58. The number of hydrogen-bond acceptors (Lipinski definition) is 4. The number of benzene rings is 1. The molecule has 0 unspecified atom stereocenters. The Morgan fingerprint density at radius 1 is 1.24 bits per heavy atom. The van der Waals surface area contributed by atoms with Crippen molar-refractivity contribution in [1.29, 1.82) is 0 Å². The maximum absolute atomic E-state index is 9.19. The van der Waals surface area contributed by atoms with E-state index in [2.05, 4.69) is 41.5 Å². The SMILES string of the molecule is Cc1ccc(-c2nc(CN3CCC(CO)CC3)cs2)cc1. The number of aliphatic hydroxyl groups excluding tert-OH is 1. The minimum absolute atomic E-state index is 0.335. The average molecular weight is 302 g/mol. The first-order chi connectivity index (χ1) is 10.2. The summed E-state index contributed by atoms with van der Waals surface area (Å²) in [6.45, 7) is 5.51. The molecule has 0 aliphatic carbocycles. The van der Waals surface area contributed by atoms with Crippen LogP contribution in [-0.4, -0.2) is 34.7 Å². The Balaban J connectivity index is 1.62. The molecule has 1 fully saturated rings. The summed E-state index contributed by atoms with van der Waals surface area (Å²) in [7, 11) is 0. The van der Waals surface area contributed by atoms with Gasteiger partial charge in [0, 0.05) is 24.1 Å². The van der Waals surface area contributed by atoms with E-state index >= 15 is 0 Å². The van der Waals surface area contributed by atoms with Crippen molar-refractivity contribution in [3.8, 4) is 10.6 Å². The van der Waals surface area contributed by atoms with Gasteiger partial charge in [-0.2, -0.15) is 0 Å². The van der Waals surface area contributed by atoms with E-state index in [4.69, 9.17) is 4.98 Å². The molecule has 0 bridgehead atoms. The molecular weight excluding hydrogens is 280 g/mol. The highest BCUT2D eigenvalue weighted by molar-refractivity contribution is 7.13. The zero-order chi connectivity index (χ0) is 14.7. The second kappa shape index (κ2) is 6.69. The van der Waals surface area contributed by atoms with Gasteiger partial charge in [0.25, 0.3) is 0 Å². The lowest BCUT2D eigenvalue weighted by molar-refractivity contribution is 0.126. The number of piperidine rings is 1. The summed E-state index contributed by atoms with van der Waals surface area (Å²) >= 11 is 1.72. The Kier molecular flexibility index (Phi) is 4.68. The molecule has 112 valence electrons. The molecule has 2 aromatic rings. The van der Waals surface area contributed by atoms with Gasteiger partial charge in [-0.25, -0.2) is 4.98 Å². The highest BCUT2D eigenvalue weighted by atomic mass is 32.1. The summed E-state index contributed by atoms with van der Waals surface area (Å²) in [6.07, 6.45) is 2.21. The summed E-state index contributed by atoms with van der Waals surface area (Å²) in [5.74, 6) is 0.500. The molecule has 1 saturated heterocycles. The maximum Gasteiger partial charge on any atom is 0.123 e. The average Bonchev–Trinajstić information content (AvgIpc) is 2.97. The van der Waals surface area contributed by atoms with Crippen LogP contribution in [0.1, 0.15) is 24.1 Å². The van der Waals surface area contributed by atoms with E-state index in [1.54, 1.807) is 11.3 Å². The number of likely N-dealkylation sites (tertiary alicyclic amines) is 1. The number of thiazole rings is 1. The van der Waals surface area contributed by atoms with Crippen LogP contribution >= 0.6 is 11.3 Å². The van der Waals surface area contributed by atoms with Gasteiger partial charge in [0.05, 0.1) is 5.69 Å². The molecule has 21 heavy (non-hydrogen) atoms. The highest BCUT2D eigenvalue weighted by Gasteiger charge is 2.19. The molecule has 0 spiro atoms. The van der Waals surface area contributed by atoms with Crippen molar-refractivity contribution in [3.63, 3.8) is 0 Å². The Morgan fingerprint density at radius 3 is 2.62 bits per heavy atom. The van der Waals surface area contributed by atoms with Crippen molar-refractivity contribution >= 4 is 11.3 Å². The number of aliphatic hydroxyl groups is 1. The van der Waals surface area contributed by atoms with Crippen LogP contribution in [0, 0.1) is 12.8 Å². The lowest BCUT2D eigenvalue weighted by Crippen LogP contribution is -2.34. The molecule has 0 radical (unpaired) electrons. The van der Waals surface area contributed by atoms with Gasteiger partial charge in [-0.1, -0.05) is 29.8 Å². The van der Waals surface area contributed by atoms with Crippen molar-refractivity contribution in [1.82, 2.24) is 9.88 Å². The molecule has 1 aliphatic rings. The molecule has 1 aromatic carbocycles. The van der Waals surface area contributed by atoms with Crippen molar-refractivity contribution < 1.29 is 5.11 Å². The van der Waals surface area contributed by atoms with Crippen LogP contribution in [0.4, 0.5) is 0 Å². The normalized spacial score (nSPS) is 17.2. The Labute approximate surface area is 130 Å². The summed E-state index contributed by atoms with van der Waals surface area (Å²) in [5, 5.41) is 12.5. The Morgan fingerprint density at radius 2 is 1.95 bits per heavy atom. The topological polar surface area (TPSA) is 36.4 Å². The van der Waals surface area contributed by atoms with Crippen molar-refractivity contribution in [2.75, 3.05) is 19.7 Å². The van der Waals surface area contributed by atoms with Crippen LogP contribution in [0.5, 0.6) is 0 Å². The van der Waals surface area contributed by atoms with Gasteiger partial charge in [0.1, 0.15) is 5.01 Å². The first-order valence-electron chi connectivity index (χ1n) is 7.59. The minimum atomic E-state index is 0.335. The first-order valence-corrected chi connectivity index (χ1v) is 8.47. The van der Waals surface area contributed by atoms with Crippen LogP contribution in [0.2, 0.25) is 0 Å². The number of nitrogens with zero attached hydrogens (tertiary/aromatic N) is 2. The zero-order valence-corrected chi connectivity index (χ0v) is 13.3. The minimum Gasteiger partial charge on any atom is -0.396 e. The van der Waals surface area contributed by atoms with Crippen LogP contribution in [0.25, 0.3) is 10.6 Å². The van der Waals surface area contributed by atoms with Gasteiger partial charge in [0.15, 0.2) is 0 Å². The maximum atomic E-state index is 9.19. The van der Waals surface area contributed by atoms with E-state index in [9.17, 15) is 5.11 Å². The van der Waals surface area contributed by atoms with Gasteiger partial charge in [0.2, 0.25) is 0 Å². The Hall–Kier alpha value is -1.23. The third kappa shape index (κ3) is 3.70. The molecule has 2 heterocycles. The van der Waals surface area contributed by atoms with E-state index in [1.807, 2.05) is 0 Å². The third-order valence-electron chi connectivity index (χ3n) is 4.20. The van der Waals surface area contributed by atoms with E-state index in [1.165, 1.54) is 11.1 Å². The number of aryl methyl sites for hydroxylation is 1. The van der Waals surface area contributed by atoms with E-state index in [0.717, 1.165) is 43.2 Å². The van der Waals surface area contributed by atoms with Gasteiger partial charge in [-0.05, 0) is 38.8 Å². The van der Waals surface area contributed by atoms with Gasteiger partial charge >= 0.3 is 0 Å². The molecule has 0 amide bonds. The largest absolute Gasteiger partial charge is 0.396 e. The lowest BCUT2D eigenvalue weighted by Gasteiger charge is -2.30. The smallest absolute Gasteiger partial charge is 0.123 e. The number of rotatable bonds is 4. The summed E-state index contributed by atoms with van der Waals surface area (Å²) in [6, 6.07) is 8.56. The van der Waals surface area contributed by atoms with Crippen LogP contribution in [0.3, 0.4) is 0 Å². The summed E-state index contributed by atoms with van der Waals surface area (Å²) in [5.41, 5.74) is 3.65. The predicted molar refractivity (Wildman–Crippen MR) is 87.4 cm³/mol. The van der Waals surface area contributed by atoms with Gasteiger partial charge in [-0.15, -0.1) is 11.3 Å². The molecular formula is C17H22N2OS. The van der Waals surface area contributed by atoms with Crippen molar-refractivity contribution in [2.24, 2.45) is 5.92 Å². The molecule has 0 saturated carbocycles. The second-order valence-corrected chi connectivity index (χ2v) is 6.77. The van der Waals surface area contributed by atoms with Gasteiger partial charge < -0.3 is 5.11 Å². The van der Waals surface area contributed by atoms with Crippen molar-refractivity contribution in [3.05, 3.63) is 40.9 Å². The fraction of sp³-hybridized carbons (Fsp3) is 0.471. The molecule has 0 atom stereocenters. The third-order valence-corrected chi connectivity index (χ3v) is 5.14. The van der Waals surface area contributed by atoms with Crippen LogP contribution in [0.15, 0.2) is 29.6 Å². The van der Waals surface area contributed by atoms with Crippen molar-refractivity contribution in [2.45, 2.75) is 26.3 Å². The van der Waals surface area contributed by atoms with Crippen LogP contribution < -0.4 is 0 Å². The first kappa shape index (κ1) is 14.7. The molecule has 1 N–H and O–H groups in total. The fourth-order valence-electron chi connectivity index (χ4n) is 2.76. The van der Waals surface area contributed by atoms with E-state index < -0.39 is 0 Å². The summed E-state index contributed by atoms with van der Waals surface area (Å²) < 4.78 is 0. The molecule has 3 rings (SSSR count). The standard InChI is InChI=1S/C17H22N2OS/c1-13-2-4-15(5-3-13)17-18-16(12-21-17)10-19-8-6-14(11-20)7-9-19/h2-5,12,14,20H,6-11H2,1H3. The highest BCUT2D eigenvalue weighted by Crippen LogP contribution is 2.25. The van der Waals surface area contributed by atoms with E-state index in [0.29, 0.717) is 12.5 Å². The molecule has 3 nitrogen and oxygen atoms in total. The monoisotopic (exact) mass is 302 g/mol. The second-order valence-electron chi connectivity index (χ2n) is 5.91. The van der Waals surface area contributed by atoms with Crippen LogP contribution in [-0.2, 0) is 6.54 Å². The van der Waals surface area contributed by atoms with E-state index in [-0.39, 0.29) is 0 Å². The lowest BCUT2D eigenvalue weighted by atomic mass is 9.98. The number of hydrogen-bond donors (Lipinski definition) is 1. The molecule has 1 aromatic heterocycles. The zero-order valence-electron chi connectivity index (χ0n) is 12.5. The summed E-state index contributed by atoms with van der Waals surface area (Å²) in [4.78, 5) is 7.22. The predicted octanol–water partition coefficient (Wildman–Crippen LogP) is 3.32.